The van der Waals surface area contributed by atoms with Crippen molar-refractivity contribution >= 4 is 93.5 Å². The molecule has 6 heteroatoms. The van der Waals surface area contributed by atoms with Gasteiger partial charge >= 0.3 is 0 Å². The Hall–Kier alpha value is -5.85. The first-order valence-electron chi connectivity index (χ1n) is 23.6. The molecule has 12 rings (SSSR count). The maximum Gasteiger partial charge on any atom is 0.206 e. The second-order valence-electron chi connectivity index (χ2n) is 20.4. The zero-order valence-electron chi connectivity index (χ0n) is 39.7. The fourth-order valence-corrected chi connectivity index (χ4v) is 11.2. The molecule has 11 aromatic rings. The summed E-state index contributed by atoms with van der Waals surface area (Å²) in [7, 11) is 0. The number of rotatable bonds is 6. The first-order valence-corrected chi connectivity index (χ1v) is 23.6. The van der Waals surface area contributed by atoms with Crippen LogP contribution in [0.3, 0.4) is 0 Å². The Morgan fingerprint density at radius 2 is 0.924 bits per heavy atom. The Bertz CT molecular complexity index is 3430. The summed E-state index contributed by atoms with van der Waals surface area (Å²) in [6.07, 6.45) is 0. The molecule has 4 aromatic heterocycles. The van der Waals surface area contributed by atoms with E-state index in [0.717, 1.165) is 5.69 Å². The van der Waals surface area contributed by atoms with Gasteiger partial charge in [-0.3, -0.25) is 4.79 Å². The third-order valence-electron chi connectivity index (χ3n) is 14.3. The van der Waals surface area contributed by atoms with Crippen LogP contribution in [0.2, 0.25) is 0 Å². The number of carbonyl (C=O) groups is 1. The van der Waals surface area contributed by atoms with E-state index in [4.69, 9.17) is 0 Å². The average Bonchev–Trinajstić information content (AvgIpc) is 4.02. The minimum Gasteiger partial charge on any atom is -0.502 e. The molecule has 1 radical (unpaired) electrons. The van der Waals surface area contributed by atoms with E-state index in [1.165, 1.54) is 104 Å². The Morgan fingerprint density at radius 3 is 1.45 bits per heavy atom. The normalized spacial score (nSPS) is 14.6. The van der Waals surface area contributed by atoms with Crippen molar-refractivity contribution in [2.24, 2.45) is 5.41 Å². The molecular formula is C60H58AuN4O-2. The van der Waals surface area contributed by atoms with Gasteiger partial charge in [0.2, 0.25) is 5.91 Å². The van der Waals surface area contributed by atoms with E-state index in [1.54, 1.807) is 0 Å². The zero-order chi connectivity index (χ0) is 45.2. The fraction of sp³-hybridized carbons (Fsp3) is 0.267. The van der Waals surface area contributed by atoms with Crippen LogP contribution in [-0.2, 0) is 27.2 Å². The van der Waals surface area contributed by atoms with Gasteiger partial charge < -0.3 is 18.6 Å². The monoisotopic (exact) mass is 1050 g/mol. The van der Waals surface area contributed by atoms with Crippen LogP contribution in [-0.4, -0.2) is 21.3 Å². The van der Waals surface area contributed by atoms with Crippen molar-refractivity contribution in [3.8, 4) is 0 Å². The predicted octanol–water partition coefficient (Wildman–Crippen LogP) is 16.0. The number of benzene rings is 7. The van der Waals surface area contributed by atoms with Gasteiger partial charge in [-0.25, -0.2) is 0 Å². The van der Waals surface area contributed by atoms with Crippen LogP contribution in [0.4, 0.5) is 11.4 Å². The third kappa shape index (κ3) is 6.48. The summed E-state index contributed by atoms with van der Waals surface area (Å²) in [6.45, 7) is 24.8. The molecule has 1 fully saturated rings. The van der Waals surface area contributed by atoms with Gasteiger partial charge in [-0.2, -0.15) is 0 Å². The summed E-state index contributed by atoms with van der Waals surface area (Å²) >= 11 is 0. The van der Waals surface area contributed by atoms with Crippen molar-refractivity contribution in [1.82, 2.24) is 8.80 Å². The van der Waals surface area contributed by atoms with Crippen molar-refractivity contribution in [3.05, 3.63) is 162 Å². The molecule has 0 N–H and O–H groups in total. The Kier molecular flexibility index (Phi) is 10.8. The molecule has 1 aliphatic heterocycles. The molecule has 1 aliphatic rings. The second-order valence-corrected chi connectivity index (χ2v) is 20.4. The second kappa shape index (κ2) is 16.2. The molecule has 337 valence electrons. The van der Waals surface area contributed by atoms with Gasteiger partial charge in [-0.1, -0.05) is 175 Å². The Labute approximate surface area is 404 Å². The van der Waals surface area contributed by atoms with Crippen molar-refractivity contribution in [1.29, 1.82) is 0 Å². The largest absolute Gasteiger partial charge is 0.502 e. The maximum atomic E-state index is 13.9. The van der Waals surface area contributed by atoms with Crippen molar-refractivity contribution < 1.29 is 27.2 Å². The Morgan fingerprint density at radius 1 is 0.500 bits per heavy atom. The Balaban J connectivity index is 0.000000153. The predicted molar refractivity (Wildman–Crippen MR) is 277 cm³/mol. The molecule has 7 aromatic carbocycles. The number of aromatic nitrogens is 2. The number of hydrogen-bond acceptors (Lipinski definition) is 2. The standard InChI is InChI=1S/C30H43N2O.C30H15N2.Au/c1-19(2)23-13-11-14-24(20(3)4)27(23)31-17-30(9,10)29(33)32(18-31)28-25(21(5)6)15-12-16-26(28)22(7)8;1-3-13-25-17(7-1)19-9-5-11-21-23-16-28-24(15-27(23)31(25)29(19)21)22-12-6-10-20-18-8-2-4-14-26(18)32(28)30(20)22;/h11-16,18-22H,17H2,1-10H3;1-15H;/q2*-1;. The van der Waals surface area contributed by atoms with E-state index in [0.29, 0.717) is 30.2 Å². The van der Waals surface area contributed by atoms with Gasteiger partial charge in [0, 0.05) is 67.5 Å². The molecule has 0 aliphatic carbocycles. The first-order chi connectivity index (χ1) is 31.3. The van der Waals surface area contributed by atoms with Crippen LogP contribution in [0, 0.1) is 18.2 Å². The molecule has 5 heterocycles. The minimum atomic E-state index is -0.509. The summed E-state index contributed by atoms with van der Waals surface area (Å²) in [5, 5.41) is 10.3. The van der Waals surface area contributed by atoms with Crippen molar-refractivity contribution in [2.45, 2.75) is 92.9 Å². The van der Waals surface area contributed by atoms with E-state index in [9.17, 15) is 4.79 Å². The van der Waals surface area contributed by atoms with Gasteiger partial charge in [0.05, 0.1) is 16.4 Å². The van der Waals surface area contributed by atoms with Crippen LogP contribution in [0.5, 0.6) is 0 Å². The van der Waals surface area contributed by atoms with Gasteiger partial charge in [-0.15, -0.1) is 24.2 Å². The van der Waals surface area contributed by atoms with Crippen LogP contribution in [0.25, 0.3) is 76.2 Å². The number of amides is 1. The van der Waals surface area contributed by atoms with Gasteiger partial charge in [0.15, 0.2) is 0 Å². The van der Waals surface area contributed by atoms with Crippen molar-refractivity contribution in [3.63, 3.8) is 0 Å². The summed E-state index contributed by atoms with van der Waals surface area (Å²) in [4.78, 5) is 18.2. The summed E-state index contributed by atoms with van der Waals surface area (Å²) < 4.78 is 4.86. The van der Waals surface area contributed by atoms with Crippen LogP contribution >= 0.6 is 0 Å². The average molecular weight is 1050 g/mol. The van der Waals surface area contributed by atoms with E-state index in [2.05, 4.69) is 223 Å². The number of nitrogens with zero attached hydrogens (tertiary/aromatic N) is 4. The minimum absolute atomic E-state index is 0. The van der Waals surface area contributed by atoms with E-state index < -0.39 is 5.41 Å². The van der Waals surface area contributed by atoms with Crippen LogP contribution < -0.4 is 9.80 Å². The zero-order valence-corrected chi connectivity index (χ0v) is 41.9. The smallest absolute Gasteiger partial charge is 0.206 e. The molecule has 66 heavy (non-hydrogen) atoms. The SMILES string of the molecule is CC(C)c1cccc(C(C)C)c1N1[CH-]N(c2c(C(C)C)cccc2C(C)C)C(=O)C(C)(C)C1.[Au].[c-]1c2c3cccc4c5ccccc5n(c2cc2c5cccc6c7ccccc7n(c12)c56)c34. The molecule has 5 nitrogen and oxygen atoms in total. The fourth-order valence-electron chi connectivity index (χ4n) is 11.2. The van der Waals surface area contributed by atoms with Gasteiger partial charge in [0.25, 0.3) is 0 Å². The van der Waals surface area contributed by atoms with Crippen LogP contribution in [0.1, 0.15) is 115 Å². The van der Waals surface area contributed by atoms with Gasteiger partial charge in [-0.05, 0) is 93.7 Å². The van der Waals surface area contributed by atoms with E-state index in [1.807, 2.05) is 4.90 Å². The topological polar surface area (TPSA) is 32.4 Å². The molecule has 0 unspecified atom stereocenters. The first kappa shape index (κ1) is 44.0. The molecule has 0 saturated carbocycles. The van der Waals surface area contributed by atoms with Crippen LogP contribution in [0.15, 0.2) is 127 Å². The number of fused-ring (bicyclic) bond motifs is 12. The molecule has 1 saturated heterocycles. The molecule has 0 atom stereocenters. The summed E-state index contributed by atoms with van der Waals surface area (Å²) in [5.74, 6) is 1.62. The number of hydrogen-bond donors (Lipinski definition) is 0. The summed E-state index contributed by atoms with van der Waals surface area (Å²) in [6, 6.07) is 50.3. The summed E-state index contributed by atoms with van der Waals surface area (Å²) in [5.41, 5.74) is 14.5. The van der Waals surface area contributed by atoms with Crippen molar-refractivity contribution in [2.75, 3.05) is 16.3 Å². The molecule has 0 bridgehead atoms. The quantitative estimate of drug-likeness (QED) is 0.123. The van der Waals surface area contributed by atoms with E-state index >= 15 is 0 Å². The van der Waals surface area contributed by atoms with Gasteiger partial charge in [0.1, 0.15) is 0 Å². The molecule has 1 amide bonds. The van der Waals surface area contributed by atoms with E-state index in [-0.39, 0.29) is 28.3 Å². The number of anilines is 2. The number of para-hydroxylation sites is 6. The number of carbonyl (C=O) groups excluding carboxylic acids is 1. The third-order valence-corrected chi connectivity index (χ3v) is 14.3. The maximum absolute atomic E-state index is 13.9. The molecule has 0 spiro atoms. The molecular weight excluding hydrogens is 990 g/mol.